The Kier molecular flexibility index (Phi) is 5.04. The number of aliphatic hydroxyl groups excluding tert-OH is 1. The molecular weight excluding hydrogens is 398 g/mol. The minimum atomic E-state index is -0.897. The quantitative estimate of drug-likeness (QED) is 0.227. The predicted octanol–water partition coefficient (Wildman–Crippen LogP) is 3.92. The van der Waals surface area contributed by atoms with Crippen molar-refractivity contribution < 1.29 is 19.6 Å². The first-order valence-corrected chi connectivity index (χ1v) is 9.41. The van der Waals surface area contributed by atoms with Gasteiger partial charge in [0.2, 0.25) is 0 Å². The van der Waals surface area contributed by atoms with E-state index in [4.69, 9.17) is 0 Å². The maximum atomic E-state index is 13.0. The second kappa shape index (κ2) is 7.83. The molecule has 0 spiro atoms. The predicted molar refractivity (Wildman–Crippen MR) is 113 cm³/mol. The van der Waals surface area contributed by atoms with E-state index >= 15 is 0 Å². The molecule has 1 aromatic heterocycles. The molecule has 0 aliphatic carbocycles. The van der Waals surface area contributed by atoms with Gasteiger partial charge in [-0.3, -0.25) is 29.6 Å². The molecule has 0 bridgehead atoms. The minimum absolute atomic E-state index is 0.104. The highest BCUT2D eigenvalue weighted by Gasteiger charge is 2.47. The topological polar surface area (TPSA) is 114 Å². The number of nitrogens with zero attached hydrogens (tertiary/aromatic N) is 3. The molecule has 1 saturated heterocycles. The highest BCUT2D eigenvalue weighted by atomic mass is 16.6. The van der Waals surface area contributed by atoms with Crippen molar-refractivity contribution in [3.63, 3.8) is 0 Å². The van der Waals surface area contributed by atoms with Gasteiger partial charge in [0.1, 0.15) is 5.76 Å². The van der Waals surface area contributed by atoms with Crippen LogP contribution < -0.4 is 4.90 Å². The molecule has 154 valence electrons. The van der Waals surface area contributed by atoms with E-state index in [2.05, 4.69) is 4.98 Å². The first-order chi connectivity index (χ1) is 14.9. The van der Waals surface area contributed by atoms with Crippen LogP contribution in [-0.4, -0.2) is 26.7 Å². The van der Waals surface area contributed by atoms with E-state index in [0.717, 1.165) is 5.56 Å². The van der Waals surface area contributed by atoms with Crippen LogP contribution in [0.4, 0.5) is 11.4 Å². The molecule has 1 unspecified atom stereocenters. The lowest BCUT2D eigenvalue weighted by Crippen LogP contribution is -2.29. The number of nitro groups is 1. The van der Waals surface area contributed by atoms with E-state index in [9.17, 15) is 24.8 Å². The number of hydrogen-bond acceptors (Lipinski definition) is 6. The smallest absolute Gasteiger partial charge is 0.300 e. The zero-order valence-electron chi connectivity index (χ0n) is 16.4. The Labute approximate surface area is 177 Å². The van der Waals surface area contributed by atoms with Gasteiger partial charge in [-0.05, 0) is 42.8 Å². The molecule has 1 atom stereocenters. The average Bonchev–Trinajstić information content (AvgIpc) is 3.05. The lowest BCUT2D eigenvalue weighted by atomic mass is 9.96. The molecule has 1 amide bonds. The second-order valence-corrected chi connectivity index (χ2v) is 7.09. The Morgan fingerprint density at radius 1 is 1.06 bits per heavy atom. The lowest BCUT2D eigenvalue weighted by molar-refractivity contribution is -0.384. The molecule has 1 fully saturated rings. The Bertz CT molecular complexity index is 1200. The summed E-state index contributed by atoms with van der Waals surface area (Å²) in [4.78, 5) is 41.8. The number of carbonyl (C=O) groups is 2. The van der Waals surface area contributed by atoms with E-state index in [1.807, 2.05) is 19.1 Å². The van der Waals surface area contributed by atoms with Crippen LogP contribution in [0.1, 0.15) is 22.7 Å². The van der Waals surface area contributed by atoms with Crippen molar-refractivity contribution in [3.8, 4) is 0 Å². The van der Waals surface area contributed by atoms with Crippen LogP contribution in [0.5, 0.6) is 0 Å². The number of carbonyl (C=O) groups excluding carboxylic acids is 2. The maximum absolute atomic E-state index is 13.0. The summed E-state index contributed by atoms with van der Waals surface area (Å²) in [5, 5.41) is 21.9. The van der Waals surface area contributed by atoms with Gasteiger partial charge in [0.05, 0.1) is 16.5 Å². The number of Topliss-reactive ketones (excluding diaryl/α,β-unsaturated/α-hetero) is 1. The molecular formula is C23H17N3O5. The molecule has 2 aromatic carbocycles. The number of benzene rings is 2. The summed E-state index contributed by atoms with van der Waals surface area (Å²) in [6.07, 6.45) is 3.10. The molecule has 4 rings (SSSR count). The highest BCUT2D eigenvalue weighted by Crippen LogP contribution is 2.42. The normalized spacial score (nSPS) is 17.7. The Morgan fingerprint density at radius 2 is 1.74 bits per heavy atom. The van der Waals surface area contributed by atoms with Crippen LogP contribution >= 0.6 is 0 Å². The number of pyridine rings is 1. The van der Waals surface area contributed by atoms with Crippen LogP contribution in [0, 0.1) is 17.0 Å². The summed E-state index contributed by atoms with van der Waals surface area (Å²) in [5.74, 6) is -2.02. The molecule has 8 nitrogen and oxygen atoms in total. The summed E-state index contributed by atoms with van der Waals surface area (Å²) in [6.45, 7) is 1.91. The van der Waals surface area contributed by atoms with Gasteiger partial charge < -0.3 is 5.11 Å². The number of aliphatic hydroxyl groups is 1. The monoisotopic (exact) mass is 415 g/mol. The van der Waals surface area contributed by atoms with E-state index in [1.165, 1.54) is 35.4 Å². The largest absolute Gasteiger partial charge is 0.507 e. The molecule has 1 aliphatic heterocycles. The van der Waals surface area contributed by atoms with Crippen molar-refractivity contribution in [1.29, 1.82) is 0 Å². The van der Waals surface area contributed by atoms with Gasteiger partial charge in [-0.15, -0.1) is 0 Å². The number of aromatic nitrogens is 1. The van der Waals surface area contributed by atoms with Crippen LogP contribution in [0.2, 0.25) is 0 Å². The first-order valence-electron chi connectivity index (χ1n) is 9.41. The molecule has 8 heteroatoms. The van der Waals surface area contributed by atoms with Crippen LogP contribution in [-0.2, 0) is 9.59 Å². The van der Waals surface area contributed by atoms with E-state index in [-0.39, 0.29) is 16.8 Å². The number of non-ortho nitro benzene ring substituents is 1. The number of amides is 1. The summed E-state index contributed by atoms with van der Waals surface area (Å²) in [6, 6.07) is 14.7. The summed E-state index contributed by atoms with van der Waals surface area (Å²) < 4.78 is 0. The number of anilines is 1. The number of ketones is 1. The molecule has 0 radical (unpaired) electrons. The van der Waals surface area contributed by atoms with Crippen LogP contribution in [0.3, 0.4) is 0 Å². The second-order valence-electron chi connectivity index (χ2n) is 7.09. The maximum Gasteiger partial charge on any atom is 0.300 e. The Balaban J connectivity index is 1.90. The van der Waals surface area contributed by atoms with Gasteiger partial charge >= 0.3 is 0 Å². The van der Waals surface area contributed by atoms with Crippen molar-refractivity contribution in [1.82, 2.24) is 4.98 Å². The standard InChI is InChI=1S/C23H17N3O5/c1-14-4-8-17(9-5-14)25-20(16-3-2-12-24-13-16)19(22(28)23(25)29)21(27)15-6-10-18(11-7-15)26(30)31/h2-13,20,27H,1H3/b21-19-. The van der Waals surface area contributed by atoms with Gasteiger partial charge in [0, 0.05) is 35.8 Å². The first kappa shape index (κ1) is 20.0. The van der Waals surface area contributed by atoms with E-state index in [0.29, 0.717) is 11.3 Å². The molecule has 1 aliphatic rings. The Morgan fingerprint density at radius 3 is 2.32 bits per heavy atom. The zero-order chi connectivity index (χ0) is 22.1. The molecule has 1 N–H and O–H groups in total. The number of hydrogen-bond donors (Lipinski definition) is 1. The van der Waals surface area contributed by atoms with Gasteiger partial charge in [0.15, 0.2) is 0 Å². The lowest BCUT2D eigenvalue weighted by Gasteiger charge is -2.25. The molecule has 0 saturated carbocycles. The van der Waals surface area contributed by atoms with Gasteiger partial charge in [-0.25, -0.2) is 0 Å². The SMILES string of the molecule is Cc1ccc(N2C(=O)C(=O)/C(=C(\O)c3ccc([N+](=O)[O-])cc3)C2c2cccnc2)cc1. The van der Waals surface area contributed by atoms with Gasteiger partial charge in [-0.2, -0.15) is 0 Å². The average molecular weight is 415 g/mol. The van der Waals surface area contributed by atoms with Gasteiger partial charge in [-0.1, -0.05) is 23.8 Å². The van der Waals surface area contributed by atoms with Gasteiger partial charge in [0.25, 0.3) is 17.4 Å². The third-order valence-corrected chi connectivity index (χ3v) is 5.11. The fourth-order valence-electron chi connectivity index (χ4n) is 3.55. The third-order valence-electron chi connectivity index (χ3n) is 5.11. The van der Waals surface area contributed by atoms with Crippen LogP contribution in [0.15, 0.2) is 78.6 Å². The molecule has 31 heavy (non-hydrogen) atoms. The van der Waals surface area contributed by atoms with E-state index in [1.54, 1.807) is 30.5 Å². The number of rotatable bonds is 4. The van der Waals surface area contributed by atoms with Crippen molar-refractivity contribution in [2.75, 3.05) is 4.90 Å². The Hall–Kier alpha value is -4.33. The molecule has 3 aromatic rings. The van der Waals surface area contributed by atoms with Crippen LogP contribution in [0.25, 0.3) is 5.76 Å². The van der Waals surface area contributed by atoms with Crippen molar-refractivity contribution in [2.45, 2.75) is 13.0 Å². The summed E-state index contributed by atoms with van der Waals surface area (Å²) >= 11 is 0. The highest BCUT2D eigenvalue weighted by molar-refractivity contribution is 6.51. The minimum Gasteiger partial charge on any atom is -0.507 e. The summed E-state index contributed by atoms with van der Waals surface area (Å²) in [5.41, 5.74) is 1.98. The fraction of sp³-hybridized carbons (Fsp3) is 0.0870. The van der Waals surface area contributed by atoms with Crippen molar-refractivity contribution >= 4 is 28.8 Å². The van der Waals surface area contributed by atoms with Crippen molar-refractivity contribution in [3.05, 3.63) is 105 Å². The number of aryl methyl sites for hydroxylation is 1. The fourth-order valence-corrected chi connectivity index (χ4v) is 3.55. The molecule has 2 heterocycles. The summed E-state index contributed by atoms with van der Waals surface area (Å²) in [7, 11) is 0. The zero-order valence-corrected chi connectivity index (χ0v) is 16.4. The van der Waals surface area contributed by atoms with Crippen molar-refractivity contribution in [2.24, 2.45) is 0 Å². The number of nitro benzene ring substituents is 1. The third kappa shape index (κ3) is 3.55. The van der Waals surface area contributed by atoms with E-state index < -0.39 is 28.4 Å².